The van der Waals surface area contributed by atoms with Crippen LogP contribution in [-0.4, -0.2) is 22.6 Å². The summed E-state index contributed by atoms with van der Waals surface area (Å²) in [4.78, 5) is 16.3. The van der Waals surface area contributed by atoms with Crippen LogP contribution < -0.4 is 0 Å². The van der Waals surface area contributed by atoms with Crippen LogP contribution in [-0.2, 0) is 22.5 Å². The third-order valence-electron chi connectivity index (χ3n) is 4.18. The predicted molar refractivity (Wildman–Crippen MR) is 98.7 cm³/mol. The van der Waals surface area contributed by atoms with E-state index in [1.807, 2.05) is 47.0 Å². The maximum Gasteiger partial charge on any atom is 0.311 e. The van der Waals surface area contributed by atoms with E-state index >= 15 is 0 Å². The molecule has 1 heterocycles. The van der Waals surface area contributed by atoms with Gasteiger partial charge in [0.2, 0.25) is 0 Å². The van der Waals surface area contributed by atoms with E-state index in [0.29, 0.717) is 17.4 Å². The molecule has 0 aliphatic heterocycles. The minimum absolute atomic E-state index is 0.0844. The van der Waals surface area contributed by atoms with Crippen LogP contribution in [0.3, 0.4) is 0 Å². The number of hydrogen-bond donors (Lipinski definition) is 0. The Morgan fingerprint density at radius 2 is 1.80 bits per heavy atom. The Labute approximate surface area is 152 Å². The lowest BCUT2D eigenvalue weighted by molar-refractivity contribution is -0.139. The fourth-order valence-electron chi connectivity index (χ4n) is 2.77. The van der Waals surface area contributed by atoms with Crippen LogP contribution in [0.25, 0.3) is 11.4 Å². The van der Waals surface area contributed by atoms with E-state index in [1.165, 1.54) is 12.7 Å². The lowest BCUT2D eigenvalue weighted by Crippen LogP contribution is -2.13. The Morgan fingerprint density at radius 1 is 1.12 bits per heavy atom. The second-order valence-electron chi connectivity index (χ2n) is 5.80. The molecule has 0 aliphatic carbocycles. The molecule has 0 aliphatic rings. The van der Waals surface area contributed by atoms with Crippen molar-refractivity contribution in [2.75, 3.05) is 7.11 Å². The van der Waals surface area contributed by atoms with Gasteiger partial charge in [-0.2, -0.15) is 0 Å². The van der Waals surface area contributed by atoms with Gasteiger partial charge in [-0.05, 0) is 18.1 Å². The number of carbonyl (C=O) groups excluding carboxylic acids is 1. The maximum absolute atomic E-state index is 11.8. The monoisotopic (exact) mass is 354 g/mol. The lowest BCUT2D eigenvalue weighted by atomic mass is 10.1. The average molecular weight is 355 g/mol. The highest BCUT2D eigenvalue weighted by Crippen LogP contribution is 2.27. The predicted octanol–water partition coefficient (Wildman–Crippen LogP) is 4.28. The quantitative estimate of drug-likeness (QED) is 0.642. The molecule has 4 nitrogen and oxygen atoms in total. The number of esters is 1. The van der Waals surface area contributed by atoms with Gasteiger partial charge < -0.3 is 9.30 Å². The Bertz CT molecular complexity index is 888. The number of benzene rings is 2. The molecule has 0 bridgehead atoms. The fourth-order valence-corrected chi connectivity index (χ4v) is 3.02. The van der Waals surface area contributed by atoms with E-state index in [2.05, 4.69) is 24.0 Å². The Hall–Kier alpha value is -2.59. The number of methoxy groups -OCH3 is 1. The van der Waals surface area contributed by atoms with Crippen molar-refractivity contribution in [1.82, 2.24) is 9.55 Å². The van der Waals surface area contributed by atoms with Crippen molar-refractivity contribution in [3.05, 3.63) is 76.6 Å². The summed E-state index contributed by atoms with van der Waals surface area (Å²) in [5.41, 5.74) is 3.94. The molecule has 1 aromatic heterocycles. The molecule has 0 atom stereocenters. The summed E-state index contributed by atoms with van der Waals surface area (Å²) in [7, 11) is 1.37. The molecular formula is C20H19ClN2O2. The normalized spacial score (nSPS) is 10.7. The number of rotatable bonds is 5. The minimum atomic E-state index is -0.340. The molecule has 0 N–H and O–H groups in total. The van der Waals surface area contributed by atoms with Crippen molar-refractivity contribution in [2.24, 2.45) is 0 Å². The molecule has 0 radical (unpaired) electrons. The lowest BCUT2D eigenvalue weighted by Gasteiger charge is -2.13. The van der Waals surface area contributed by atoms with Gasteiger partial charge in [-0.15, -0.1) is 0 Å². The van der Waals surface area contributed by atoms with Crippen molar-refractivity contribution in [1.29, 1.82) is 0 Å². The SMILES string of the molecule is COC(=O)Cc1c(Cl)nc(-c2ccccc2)n1Cc1ccccc1C. The molecule has 2 aromatic carbocycles. The largest absolute Gasteiger partial charge is 0.469 e. The number of nitrogens with zero attached hydrogens (tertiary/aromatic N) is 2. The van der Waals surface area contributed by atoms with Gasteiger partial charge >= 0.3 is 5.97 Å². The molecule has 25 heavy (non-hydrogen) atoms. The summed E-state index contributed by atoms with van der Waals surface area (Å²) in [6.07, 6.45) is 0.0844. The number of imidazole rings is 1. The van der Waals surface area contributed by atoms with Gasteiger partial charge in [0.1, 0.15) is 5.82 Å². The first-order chi connectivity index (χ1) is 12.1. The summed E-state index contributed by atoms with van der Waals surface area (Å²) in [5, 5.41) is 0.331. The molecule has 5 heteroatoms. The summed E-state index contributed by atoms with van der Waals surface area (Å²) in [5.74, 6) is 0.403. The van der Waals surface area contributed by atoms with Crippen molar-refractivity contribution >= 4 is 17.6 Å². The number of ether oxygens (including phenoxy) is 1. The van der Waals surface area contributed by atoms with E-state index in [9.17, 15) is 4.79 Å². The van der Waals surface area contributed by atoms with Gasteiger partial charge in [0.25, 0.3) is 0 Å². The highest BCUT2D eigenvalue weighted by molar-refractivity contribution is 6.30. The molecule has 0 amide bonds. The van der Waals surface area contributed by atoms with Crippen molar-refractivity contribution < 1.29 is 9.53 Å². The summed E-state index contributed by atoms with van der Waals surface area (Å²) >= 11 is 6.37. The average Bonchev–Trinajstić information content (AvgIpc) is 2.93. The van der Waals surface area contributed by atoms with Crippen LogP contribution in [0.4, 0.5) is 0 Å². The van der Waals surface area contributed by atoms with Gasteiger partial charge in [-0.3, -0.25) is 4.79 Å². The highest BCUT2D eigenvalue weighted by atomic mass is 35.5. The molecule has 0 unspecified atom stereocenters. The number of aromatic nitrogens is 2. The Morgan fingerprint density at radius 3 is 2.48 bits per heavy atom. The summed E-state index contributed by atoms with van der Waals surface area (Å²) < 4.78 is 6.81. The van der Waals surface area contributed by atoms with E-state index in [4.69, 9.17) is 16.3 Å². The van der Waals surface area contributed by atoms with Crippen LogP contribution >= 0.6 is 11.6 Å². The minimum Gasteiger partial charge on any atom is -0.469 e. The number of halogens is 1. The maximum atomic E-state index is 11.8. The first kappa shape index (κ1) is 17.2. The van der Waals surface area contributed by atoms with Crippen molar-refractivity contribution in [2.45, 2.75) is 19.9 Å². The Kier molecular flexibility index (Phi) is 5.19. The molecular weight excluding hydrogens is 336 g/mol. The summed E-state index contributed by atoms with van der Waals surface area (Å²) in [6, 6.07) is 18.0. The van der Waals surface area contributed by atoms with Crippen LogP contribution in [0.15, 0.2) is 54.6 Å². The molecule has 3 rings (SSSR count). The van der Waals surface area contributed by atoms with Gasteiger partial charge in [-0.1, -0.05) is 66.2 Å². The Balaban J connectivity index is 2.11. The zero-order chi connectivity index (χ0) is 17.8. The second kappa shape index (κ2) is 7.53. The number of carbonyl (C=O) groups is 1. The third-order valence-corrected chi connectivity index (χ3v) is 4.49. The van der Waals surface area contributed by atoms with E-state index < -0.39 is 0 Å². The van der Waals surface area contributed by atoms with Crippen LogP contribution in [0.1, 0.15) is 16.8 Å². The van der Waals surface area contributed by atoms with E-state index in [-0.39, 0.29) is 12.4 Å². The molecule has 0 fully saturated rings. The first-order valence-corrected chi connectivity index (χ1v) is 8.39. The van der Waals surface area contributed by atoms with Gasteiger partial charge in [0.05, 0.1) is 19.2 Å². The van der Waals surface area contributed by atoms with Gasteiger partial charge in [0, 0.05) is 12.1 Å². The van der Waals surface area contributed by atoms with Crippen molar-refractivity contribution in [3.8, 4) is 11.4 Å². The topological polar surface area (TPSA) is 44.1 Å². The third kappa shape index (κ3) is 3.74. The molecule has 3 aromatic rings. The van der Waals surface area contributed by atoms with Gasteiger partial charge in [-0.25, -0.2) is 4.98 Å². The number of hydrogen-bond acceptors (Lipinski definition) is 3. The first-order valence-electron chi connectivity index (χ1n) is 8.01. The standard InChI is InChI=1S/C20H19ClN2O2/c1-14-8-6-7-11-16(14)13-23-17(12-18(24)25-2)19(21)22-20(23)15-9-4-3-5-10-15/h3-11H,12-13H2,1-2H3. The second-order valence-corrected chi connectivity index (χ2v) is 6.16. The van der Waals surface area contributed by atoms with Gasteiger partial charge in [0.15, 0.2) is 5.15 Å². The zero-order valence-corrected chi connectivity index (χ0v) is 15.0. The van der Waals surface area contributed by atoms with Crippen LogP contribution in [0, 0.1) is 6.92 Å². The van der Waals surface area contributed by atoms with Crippen LogP contribution in [0.5, 0.6) is 0 Å². The van der Waals surface area contributed by atoms with E-state index in [0.717, 1.165) is 17.0 Å². The molecule has 0 saturated heterocycles. The number of aryl methyl sites for hydroxylation is 1. The molecule has 0 saturated carbocycles. The molecule has 128 valence electrons. The van der Waals surface area contributed by atoms with Crippen molar-refractivity contribution in [3.63, 3.8) is 0 Å². The van der Waals surface area contributed by atoms with Crippen LogP contribution in [0.2, 0.25) is 5.15 Å². The van der Waals surface area contributed by atoms with E-state index in [1.54, 1.807) is 0 Å². The zero-order valence-electron chi connectivity index (χ0n) is 14.2. The summed E-state index contributed by atoms with van der Waals surface area (Å²) in [6.45, 7) is 2.65. The highest BCUT2D eigenvalue weighted by Gasteiger charge is 2.20. The smallest absolute Gasteiger partial charge is 0.311 e. The molecule has 0 spiro atoms. The fraction of sp³-hybridized carbons (Fsp3) is 0.200.